The van der Waals surface area contributed by atoms with Crippen LogP contribution in [0.2, 0.25) is 0 Å². The fraction of sp³-hybridized carbons (Fsp3) is 0.286. The lowest BCUT2D eigenvalue weighted by Crippen LogP contribution is -2.36. The van der Waals surface area contributed by atoms with Crippen molar-refractivity contribution in [3.63, 3.8) is 0 Å². The quantitative estimate of drug-likeness (QED) is 0.784. The second-order valence-corrected chi connectivity index (χ2v) is 6.62. The zero-order valence-corrected chi connectivity index (χ0v) is 15.3. The van der Waals surface area contributed by atoms with Crippen LogP contribution in [0, 0.1) is 6.92 Å². The number of H-pyrrole nitrogens is 1. The molecule has 26 heavy (non-hydrogen) atoms. The van der Waals surface area contributed by atoms with Crippen molar-refractivity contribution in [2.24, 2.45) is 0 Å². The lowest BCUT2D eigenvalue weighted by Gasteiger charge is -2.29. The number of aryl methyl sites for hydroxylation is 1. The SMILES string of the molecule is COc1cc2c(cc1OC)CN(C(=O)c1[nH]c3ccccc3c1C)CC2. The van der Waals surface area contributed by atoms with E-state index in [1.807, 2.05) is 48.2 Å². The van der Waals surface area contributed by atoms with Crippen molar-refractivity contribution < 1.29 is 14.3 Å². The number of rotatable bonds is 3. The third-order valence-corrected chi connectivity index (χ3v) is 5.18. The van der Waals surface area contributed by atoms with Gasteiger partial charge >= 0.3 is 0 Å². The Morgan fingerprint density at radius 3 is 2.46 bits per heavy atom. The van der Waals surface area contributed by atoms with Gasteiger partial charge in [0, 0.05) is 24.0 Å². The van der Waals surface area contributed by atoms with Crippen LogP contribution in [0.5, 0.6) is 11.5 Å². The normalized spacial score (nSPS) is 13.6. The summed E-state index contributed by atoms with van der Waals surface area (Å²) in [5.74, 6) is 1.47. The van der Waals surface area contributed by atoms with Crippen molar-refractivity contribution in [1.82, 2.24) is 9.88 Å². The van der Waals surface area contributed by atoms with Crippen LogP contribution in [0.4, 0.5) is 0 Å². The Balaban J connectivity index is 1.65. The number of nitrogens with zero attached hydrogens (tertiary/aromatic N) is 1. The largest absolute Gasteiger partial charge is 0.493 e. The fourth-order valence-electron chi connectivity index (χ4n) is 3.71. The Morgan fingerprint density at radius 1 is 1.08 bits per heavy atom. The van der Waals surface area contributed by atoms with E-state index in [9.17, 15) is 4.79 Å². The maximum Gasteiger partial charge on any atom is 0.270 e. The molecule has 3 aromatic rings. The van der Waals surface area contributed by atoms with Gasteiger partial charge in [0.25, 0.3) is 5.91 Å². The third kappa shape index (κ3) is 2.60. The van der Waals surface area contributed by atoms with Gasteiger partial charge in [-0.25, -0.2) is 0 Å². The smallest absolute Gasteiger partial charge is 0.270 e. The molecule has 1 aliphatic rings. The average Bonchev–Trinajstić information content (AvgIpc) is 3.02. The summed E-state index contributed by atoms with van der Waals surface area (Å²) < 4.78 is 10.8. The molecule has 0 unspecified atom stereocenters. The van der Waals surface area contributed by atoms with E-state index in [4.69, 9.17) is 9.47 Å². The maximum atomic E-state index is 13.1. The predicted molar refractivity (Wildman–Crippen MR) is 101 cm³/mol. The molecule has 0 bridgehead atoms. The molecular formula is C21H22N2O3. The summed E-state index contributed by atoms with van der Waals surface area (Å²) in [5, 5.41) is 1.10. The van der Waals surface area contributed by atoms with Crippen molar-refractivity contribution in [2.45, 2.75) is 19.9 Å². The van der Waals surface area contributed by atoms with Crippen LogP contribution >= 0.6 is 0 Å². The highest BCUT2D eigenvalue weighted by Gasteiger charge is 2.26. The number of carbonyl (C=O) groups is 1. The summed E-state index contributed by atoms with van der Waals surface area (Å²) in [7, 11) is 3.27. The number of para-hydroxylation sites is 1. The van der Waals surface area contributed by atoms with E-state index >= 15 is 0 Å². The maximum absolute atomic E-state index is 13.1. The number of amides is 1. The molecule has 0 saturated heterocycles. The van der Waals surface area contributed by atoms with Crippen molar-refractivity contribution >= 4 is 16.8 Å². The van der Waals surface area contributed by atoms with Crippen LogP contribution in [0.15, 0.2) is 36.4 Å². The molecule has 2 heterocycles. The van der Waals surface area contributed by atoms with Crippen LogP contribution in [-0.2, 0) is 13.0 Å². The van der Waals surface area contributed by atoms with E-state index < -0.39 is 0 Å². The second-order valence-electron chi connectivity index (χ2n) is 6.62. The minimum Gasteiger partial charge on any atom is -0.493 e. The van der Waals surface area contributed by atoms with Crippen molar-refractivity contribution in [2.75, 3.05) is 20.8 Å². The van der Waals surface area contributed by atoms with E-state index in [2.05, 4.69) is 4.98 Å². The number of hydrogen-bond donors (Lipinski definition) is 1. The molecule has 0 aliphatic carbocycles. The molecule has 0 radical (unpaired) electrons. The zero-order valence-electron chi connectivity index (χ0n) is 15.3. The predicted octanol–water partition coefficient (Wildman–Crippen LogP) is 3.69. The highest BCUT2D eigenvalue weighted by molar-refractivity contribution is 6.01. The van der Waals surface area contributed by atoms with Crippen molar-refractivity contribution in [1.29, 1.82) is 0 Å². The summed E-state index contributed by atoms with van der Waals surface area (Å²) in [5.41, 5.74) is 4.99. The lowest BCUT2D eigenvalue weighted by molar-refractivity contribution is 0.0728. The summed E-state index contributed by atoms with van der Waals surface area (Å²) in [6, 6.07) is 12.0. The summed E-state index contributed by atoms with van der Waals surface area (Å²) in [6.45, 7) is 3.26. The van der Waals surface area contributed by atoms with Gasteiger partial charge < -0.3 is 19.4 Å². The second kappa shape index (κ2) is 6.41. The Hall–Kier alpha value is -2.95. The Labute approximate surface area is 152 Å². The Kier molecular flexibility index (Phi) is 4.07. The van der Waals surface area contributed by atoms with Gasteiger partial charge in [-0.05, 0) is 48.2 Å². The van der Waals surface area contributed by atoms with Gasteiger partial charge in [0.2, 0.25) is 0 Å². The molecule has 0 saturated carbocycles. The molecule has 1 aliphatic heterocycles. The summed E-state index contributed by atoms with van der Waals surface area (Å²) in [4.78, 5) is 18.3. The Morgan fingerprint density at radius 2 is 1.77 bits per heavy atom. The van der Waals surface area contributed by atoms with E-state index in [0.29, 0.717) is 24.5 Å². The number of hydrogen-bond acceptors (Lipinski definition) is 3. The van der Waals surface area contributed by atoms with Crippen LogP contribution in [-0.4, -0.2) is 36.6 Å². The lowest BCUT2D eigenvalue weighted by atomic mass is 9.98. The number of aromatic amines is 1. The number of fused-ring (bicyclic) bond motifs is 2. The minimum absolute atomic E-state index is 0.0409. The molecule has 1 N–H and O–H groups in total. The van der Waals surface area contributed by atoms with Gasteiger partial charge in [-0.2, -0.15) is 0 Å². The molecule has 0 atom stereocenters. The van der Waals surface area contributed by atoms with E-state index in [1.54, 1.807) is 14.2 Å². The number of benzene rings is 2. The number of nitrogens with one attached hydrogen (secondary N) is 1. The van der Waals surface area contributed by atoms with Crippen molar-refractivity contribution in [3.8, 4) is 11.5 Å². The fourth-order valence-corrected chi connectivity index (χ4v) is 3.71. The van der Waals surface area contributed by atoms with E-state index in [0.717, 1.165) is 34.2 Å². The first-order chi connectivity index (χ1) is 12.6. The zero-order chi connectivity index (χ0) is 18.3. The van der Waals surface area contributed by atoms with Gasteiger partial charge in [0.1, 0.15) is 5.69 Å². The van der Waals surface area contributed by atoms with Gasteiger partial charge in [0.05, 0.1) is 14.2 Å². The highest BCUT2D eigenvalue weighted by Crippen LogP contribution is 2.34. The molecule has 1 aromatic heterocycles. The van der Waals surface area contributed by atoms with Gasteiger partial charge in [-0.3, -0.25) is 4.79 Å². The molecule has 5 nitrogen and oxygen atoms in total. The van der Waals surface area contributed by atoms with E-state index in [-0.39, 0.29) is 5.91 Å². The first-order valence-electron chi connectivity index (χ1n) is 8.72. The summed E-state index contributed by atoms with van der Waals surface area (Å²) in [6.07, 6.45) is 0.806. The van der Waals surface area contributed by atoms with Crippen LogP contribution < -0.4 is 9.47 Å². The summed E-state index contributed by atoms with van der Waals surface area (Å²) >= 11 is 0. The molecule has 2 aromatic carbocycles. The molecule has 1 amide bonds. The molecule has 4 rings (SSSR count). The molecular weight excluding hydrogens is 328 g/mol. The van der Waals surface area contributed by atoms with Crippen molar-refractivity contribution in [3.05, 3.63) is 58.8 Å². The average molecular weight is 350 g/mol. The molecule has 0 spiro atoms. The van der Waals surface area contributed by atoms with Gasteiger partial charge in [-0.15, -0.1) is 0 Å². The van der Waals surface area contributed by atoms with E-state index in [1.165, 1.54) is 5.56 Å². The minimum atomic E-state index is 0.0409. The Bertz CT molecular complexity index is 990. The number of carbonyl (C=O) groups excluding carboxylic acids is 1. The highest BCUT2D eigenvalue weighted by atomic mass is 16.5. The first kappa shape index (κ1) is 16.5. The van der Waals surface area contributed by atoms with Crippen LogP contribution in [0.25, 0.3) is 10.9 Å². The first-order valence-corrected chi connectivity index (χ1v) is 8.72. The molecule has 134 valence electrons. The van der Waals surface area contributed by atoms with Crippen LogP contribution in [0.1, 0.15) is 27.2 Å². The standard InChI is InChI=1S/C21H22N2O3/c1-13-16-6-4-5-7-17(16)22-20(13)21(24)23-9-8-14-10-18(25-2)19(26-3)11-15(14)12-23/h4-7,10-11,22H,8-9,12H2,1-3H3. The third-order valence-electron chi connectivity index (χ3n) is 5.18. The topological polar surface area (TPSA) is 54.6 Å². The van der Waals surface area contributed by atoms with Crippen LogP contribution in [0.3, 0.4) is 0 Å². The molecule has 5 heteroatoms. The number of aromatic nitrogens is 1. The van der Waals surface area contributed by atoms with Gasteiger partial charge in [-0.1, -0.05) is 18.2 Å². The molecule has 0 fully saturated rings. The monoisotopic (exact) mass is 350 g/mol. The van der Waals surface area contributed by atoms with Gasteiger partial charge in [0.15, 0.2) is 11.5 Å². The number of methoxy groups -OCH3 is 2. The number of ether oxygens (including phenoxy) is 2.